The Bertz CT molecular complexity index is 1510. The number of piperidine rings is 1. The predicted octanol–water partition coefficient (Wildman–Crippen LogP) is 8.45. The van der Waals surface area contributed by atoms with E-state index in [1.165, 1.54) is 12.1 Å². The summed E-state index contributed by atoms with van der Waals surface area (Å²) in [5.41, 5.74) is 0.393. The number of ether oxygens (including phenoxy) is 3. The van der Waals surface area contributed by atoms with E-state index in [9.17, 15) is 14.0 Å². The number of hydrogen-bond donors (Lipinski definition) is 1. The summed E-state index contributed by atoms with van der Waals surface area (Å²) >= 11 is 12.6. The van der Waals surface area contributed by atoms with E-state index in [-0.39, 0.29) is 39.3 Å². The van der Waals surface area contributed by atoms with Gasteiger partial charge >= 0.3 is 12.2 Å². The Labute approximate surface area is 266 Å². The molecule has 3 heterocycles. The lowest BCUT2D eigenvalue weighted by molar-refractivity contribution is 0.0184. The largest absolute Gasteiger partial charge is 0.482 e. The molecule has 0 spiro atoms. The van der Waals surface area contributed by atoms with Gasteiger partial charge in [0.2, 0.25) is 0 Å². The van der Waals surface area contributed by atoms with Crippen LogP contribution in [0.4, 0.5) is 19.8 Å². The number of amides is 2. The molecule has 3 aromatic rings. The van der Waals surface area contributed by atoms with Gasteiger partial charge in [0.05, 0.1) is 17.3 Å². The molecule has 1 fully saturated rings. The van der Waals surface area contributed by atoms with Gasteiger partial charge in [0, 0.05) is 47.2 Å². The third-order valence-corrected chi connectivity index (χ3v) is 7.40. The fraction of sp³-hybridized carbons (Fsp3) is 0.484. The Morgan fingerprint density at radius 1 is 1.02 bits per heavy atom. The molecule has 1 aromatic carbocycles. The number of halogens is 3. The first-order valence-electron chi connectivity index (χ1n) is 14.3. The highest BCUT2D eigenvalue weighted by atomic mass is 35.5. The first kappa shape index (κ1) is 33.3. The van der Waals surface area contributed by atoms with Crippen molar-refractivity contribution in [3.63, 3.8) is 0 Å². The van der Waals surface area contributed by atoms with Gasteiger partial charge in [-0.15, -0.1) is 0 Å². The van der Waals surface area contributed by atoms with Gasteiger partial charge in [0.1, 0.15) is 23.1 Å². The van der Waals surface area contributed by atoms with Crippen molar-refractivity contribution in [1.29, 1.82) is 0 Å². The quantitative estimate of drug-likeness (QED) is 0.267. The van der Waals surface area contributed by atoms with E-state index < -0.39 is 29.2 Å². The van der Waals surface area contributed by atoms with Crippen molar-refractivity contribution in [2.45, 2.75) is 84.7 Å². The van der Waals surface area contributed by atoms with Crippen LogP contribution in [0.15, 0.2) is 36.8 Å². The molecule has 1 aliphatic rings. The molecule has 10 nitrogen and oxygen atoms in total. The molecule has 0 saturated carbocycles. The summed E-state index contributed by atoms with van der Waals surface area (Å²) in [6.45, 7) is 13.6. The number of aromatic nitrogens is 3. The minimum absolute atomic E-state index is 0.0940. The molecular weight excluding hydrogens is 612 g/mol. The van der Waals surface area contributed by atoms with Crippen LogP contribution in [-0.4, -0.2) is 56.1 Å². The molecular formula is C31H38Cl2FN5O5. The highest BCUT2D eigenvalue weighted by molar-refractivity contribution is 6.36. The number of nitrogens with zero attached hydrogens (tertiary/aromatic N) is 4. The van der Waals surface area contributed by atoms with E-state index in [4.69, 9.17) is 37.4 Å². The summed E-state index contributed by atoms with van der Waals surface area (Å²) in [5, 5.41) is 7.27. The van der Waals surface area contributed by atoms with Crippen LogP contribution in [0.3, 0.4) is 0 Å². The highest BCUT2D eigenvalue weighted by Gasteiger charge is 2.28. The molecule has 2 amide bonds. The van der Waals surface area contributed by atoms with Crippen LogP contribution in [0.25, 0.3) is 11.1 Å². The van der Waals surface area contributed by atoms with Gasteiger partial charge in [-0.3, -0.25) is 10.00 Å². The second kappa shape index (κ2) is 13.2. The summed E-state index contributed by atoms with van der Waals surface area (Å²) < 4.78 is 33.2. The average Bonchev–Trinajstić information content (AvgIpc) is 3.40. The lowest BCUT2D eigenvalue weighted by Crippen LogP contribution is -2.42. The number of anilines is 1. The summed E-state index contributed by atoms with van der Waals surface area (Å²) in [5.74, 6) is -0.346. The van der Waals surface area contributed by atoms with Crippen molar-refractivity contribution in [3.05, 3.63) is 58.2 Å². The second-order valence-corrected chi connectivity index (χ2v) is 13.4. The maximum absolute atomic E-state index is 14.3. The Balaban J connectivity index is 1.56. The van der Waals surface area contributed by atoms with E-state index in [1.54, 1.807) is 51.1 Å². The van der Waals surface area contributed by atoms with E-state index in [0.717, 1.165) is 18.4 Å². The molecule has 238 valence electrons. The number of rotatable bonds is 6. The maximum atomic E-state index is 14.3. The van der Waals surface area contributed by atoms with Gasteiger partial charge in [0.25, 0.3) is 0 Å². The van der Waals surface area contributed by atoms with Crippen LogP contribution in [-0.2, 0) is 9.47 Å². The number of carbonyl (C=O) groups excluding carboxylic acids is 2. The topological polar surface area (TPSA) is 108 Å². The number of nitrogens with one attached hydrogen (secondary N) is 1. The molecule has 0 unspecified atom stereocenters. The Morgan fingerprint density at radius 3 is 2.32 bits per heavy atom. The van der Waals surface area contributed by atoms with Gasteiger partial charge in [-0.05, 0) is 79.5 Å². The second-order valence-electron chi connectivity index (χ2n) is 12.6. The highest BCUT2D eigenvalue weighted by Crippen LogP contribution is 2.38. The zero-order valence-corrected chi connectivity index (χ0v) is 27.4. The van der Waals surface area contributed by atoms with Crippen molar-refractivity contribution in [2.75, 3.05) is 18.4 Å². The Kier molecular flexibility index (Phi) is 9.99. The van der Waals surface area contributed by atoms with Crippen molar-refractivity contribution in [1.82, 2.24) is 19.7 Å². The number of carbonyl (C=O) groups is 2. The average molecular weight is 651 g/mol. The van der Waals surface area contributed by atoms with Gasteiger partial charge in [-0.25, -0.2) is 19.0 Å². The predicted molar refractivity (Wildman–Crippen MR) is 167 cm³/mol. The third kappa shape index (κ3) is 8.53. The van der Waals surface area contributed by atoms with Crippen molar-refractivity contribution in [2.24, 2.45) is 0 Å². The van der Waals surface area contributed by atoms with E-state index in [2.05, 4.69) is 15.4 Å². The van der Waals surface area contributed by atoms with Crippen molar-refractivity contribution < 1.29 is 28.2 Å². The monoisotopic (exact) mass is 649 g/mol. The molecule has 13 heteroatoms. The third-order valence-electron chi connectivity index (χ3n) is 6.69. The van der Waals surface area contributed by atoms with Gasteiger partial charge in [-0.2, -0.15) is 5.10 Å². The smallest absolute Gasteiger partial charge is 0.413 e. The molecule has 1 saturated heterocycles. The fourth-order valence-electron chi connectivity index (χ4n) is 4.68. The number of likely N-dealkylation sites (tertiary alicyclic amines) is 1. The van der Waals surface area contributed by atoms with Crippen molar-refractivity contribution in [3.8, 4) is 16.9 Å². The van der Waals surface area contributed by atoms with Gasteiger partial charge in [0.15, 0.2) is 11.6 Å². The van der Waals surface area contributed by atoms with Crippen LogP contribution < -0.4 is 10.1 Å². The summed E-state index contributed by atoms with van der Waals surface area (Å²) in [6.07, 6.45) is 4.80. The standard InChI is InChI=1S/C31H38Cl2FN5O5/c1-18(25-22(32)8-9-23(34)26(25)33)42-24-14-19(15-35-27(24)37-28(40)43-30(2,3)4)20-16-36-39(17-20)21-10-12-38(13-11-21)29(41)44-31(5,6)7/h8-9,14-18,21H,10-13H2,1-7H3,(H,35,37,40)/t18-/m1/s1. The lowest BCUT2D eigenvalue weighted by atomic mass is 10.1. The van der Waals surface area contributed by atoms with Crippen LogP contribution in [0.1, 0.15) is 79.0 Å². The molecule has 1 atom stereocenters. The Morgan fingerprint density at radius 2 is 1.68 bits per heavy atom. The molecule has 44 heavy (non-hydrogen) atoms. The van der Waals surface area contributed by atoms with E-state index in [1.807, 2.05) is 31.6 Å². The zero-order chi connectivity index (χ0) is 32.4. The molecule has 4 rings (SSSR count). The lowest BCUT2D eigenvalue weighted by Gasteiger charge is -2.33. The molecule has 1 aliphatic heterocycles. The van der Waals surface area contributed by atoms with Crippen LogP contribution >= 0.6 is 23.2 Å². The molecule has 1 N–H and O–H groups in total. The normalized spacial score (nSPS) is 15.1. The first-order valence-corrected chi connectivity index (χ1v) is 15.1. The van der Waals surface area contributed by atoms with Crippen LogP contribution in [0.2, 0.25) is 10.0 Å². The van der Waals surface area contributed by atoms with Crippen LogP contribution in [0, 0.1) is 5.82 Å². The van der Waals surface area contributed by atoms with Crippen LogP contribution in [0.5, 0.6) is 5.75 Å². The molecule has 0 radical (unpaired) electrons. The minimum Gasteiger partial charge on any atom is -0.482 e. The number of hydrogen-bond acceptors (Lipinski definition) is 7. The number of pyridine rings is 1. The summed E-state index contributed by atoms with van der Waals surface area (Å²) in [4.78, 5) is 31.2. The summed E-state index contributed by atoms with van der Waals surface area (Å²) in [7, 11) is 0. The zero-order valence-electron chi connectivity index (χ0n) is 25.9. The maximum Gasteiger partial charge on any atom is 0.413 e. The molecule has 2 aromatic heterocycles. The van der Waals surface area contributed by atoms with E-state index >= 15 is 0 Å². The Hall–Kier alpha value is -3.57. The van der Waals surface area contributed by atoms with Gasteiger partial charge < -0.3 is 19.1 Å². The van der Waals surface area contributed by atoms with E-state index in [0.29, 0.717) is 18.7 Å². The minimum atomic E-state index is -0.806. The summed E-state index contributed by atoms with van der Waals surface area (Å²) in [6, 6.07) is 4.37. The SMILES string of the molecule is C[C@@H](Oc1cc(-c2cnn(C3CCN(C(=O)OC(C)(C)C)CC3)c2)cnc1NC(=O)OC(C)(C)C)c1c(Cl)ccc(F)c1Cl. The van der Waals surface area contributed by atoms with Crippen molar-refractivity contribution >= 4 is 41.2 Å². The van der Waals surface area contributed by atoms with Gasteiger partial charge in [-0.1, -0.05) is 23.2 Å². The first-order chi connectivity index (χ1) is 20.5. The fourth-order valence-corrected chi connectivity index (χ4v) is 5.36. The molecule has 0 bridgehead atoms. The number of benzene rings is 1. The molecule has 0 aliphatic carbocycles.